The number of nitrogens with one attached hydrogen (secondary N) is 1. The van der Waals surface area contributed by atoms with Crippen molar-refractivity contribution in [3.05, 3.63) is 41.5 Å². The number of rotatable bonds is 7. The molecule has 1 fully saturated rings. The molecule has 14 heteroatoms. The number of fused-ring (bicyclic) bond motifs is 1. The summed E-state index contributed by atoms with van der Waals surface area (Å²) in [7, 11) is -0.916. The van der Waals surface area contributed by atoms with Gasteiger partial charge in [-0.2, -0.15) is 4.98 Å². The van der Waals surface area contributed by atoms with Crippen molar-refractivity contribution in [3.8, 4) is 17.4 Å². The van der Waals surface area contributed by atoms with Crippen molar-refractivity contribution in [1.29, 1.82) is 0 Å². The standard InChI is InChI=1S/C22H23F4N5O4S/c1-12-15(35-20-16(8-13(23)10-27-20)34-11-22(3,25)26)9-14(24)18-28-17(30-31(12)18)19(32)29-21(2)4-6-36(33)7-5-21/h8-10H,4-7,11H2,1-3H3,(H,29,32). The minimum absolute atomic E-state index is 0.134. The monoisotopic (exact) mass is 529 g/mol. The maximum atomic E-state index is 14.9. The van der Waals surface area contributed by atoms with Crippen LogP contribution in [0, 0.1) is 18.6 Å². The Kier molecular flexibility index (Phi) is 6.90. The van der Waals surface area contributed by atoms with Gasteiger partial charge < -0.3 is 14.8 Å². The van der Waals surface area contributed by atoms with Gasteiger partial charge in [-0.25, -0.2) is 27.1 Å². The van der Waals surface area contributed by atoms with Crippen LogP contribution >= 0.6 is 0 Å². The fourth-order valence-corrected chi connectivity index (χ4v) is 5.11. The SMILES string of the molecule is Cc1c(Oc2ncc(F)cc2OCC(C)(F)F)cc(F)c2nc(C(=O)NC3(C)CCS(=O)CC3)nn12. The van der Waals surface area contributed by atoms with E-state index in [1.54, 1.807) is 0 Å². The third-order valence-electron chi connectivity index (χ3n) is 5.61. The Morgan fingerprint density at radius 3 is 2.61 bits per heavy atom. The number of nitrogens with zero attached hydrogens (tertiary/aromatic N) is 4. The molecule has 1 aliphatic heterocycles. The molecule has 0 atom stereocenters. The molecule has 36 heavy (non-hydrogen) atoms. The molecule has 1 saturated heterocycles. The summed E-state index contributed by atoms with van der Waals surface area (Å²) in [4.78, 5) is 20.5. The largest absolute Gasteiger partial charge is 0.482 e. The third-order valence-corrected chi connectivity index (χ3v) is 6.93. The molecular formula is C22H23F4N5O4S. The second kappa shape index (κ2) is 9.64. The van der Waals surface area contributed by atoms with E-state index in [4.69, 9.17) is 9.47 Å². The van der Waals surface area contributed by atoms with E-state index in [2.05, 4.69) is 20.4 Å². The fourth-order valence-electron chi connectivity index (χ4n) is 3.55. The number of aromatic nitrogens is 4. The first-order valence-corrected chi connectivity index (χ1v) is 12.4. The zero-order chi connectivity index (χ0) is 26.3. The van der Waals surface area contributed by atoms with Crippen molar-refractivity contribution in [1.82, 2.24) is 24.9 Å². The van der Waals surface area contributed by atoms with E-state index in [1.807, 2.05) is 6.92 Å². The van der Waals surface area contributed by atoms with Crippen LogP contribution < -0.4 is 14.8 Å². The fraction of sp³-hybridized carbons (Fsp3) is 0.455. The van der Waals surface area contributed by atoms with Gasteiger partial charge in [0, 0.05) is 46.9 Å². The zero-order valence-electron chi connectivity index (χ0n) is 19.6. The highest BCUT2D eigenvalue weighted by Crippen LogP contribution is 2.33. The maximum absolute atomic E-state index is 14.9. The number of pyridine rings is 2. The van der Waals surface area contributed by atoms with Gasteiger partial charge in [0.2, 0.25) is 5.82 Å². The molecule has 3 aromatic rings. The summed E-state index contributed by atoms with van der Waals surface area (Å²) < 4.78 is 78.2. The molecule has 3 aromatic heterocycles. The summed E-state index contributed by atoms with van der Waals surface area (Å²) in [5.41, 5.74) is -0.631. The summed E-state index contributed by atoms with van der Waals surface area (Å²) in [5, 5.41) is 6.93. The molecule has 4 rings (SSSR count). The van der Waals surface area contributed by atoms with Crippen LogP contribution in [-0.2, 0) is 10.8 Å². The number of hydrogen-bond acceptors (Lipinski definition) is 7. The average molecular weight is 530 g/mol. The van der Waals surface area contributed by atoms with Gasteiger partial charge in [-0.1, -0.05) is 0 Å². The van der Waals surface area contributed by atoms with Crippen LogP contribution in [0.2, 0.25) is 0 Å². The van der Waals surface area contributed by atoms with Gasteiger partial charge >= 0.3 is 0 Å². The number of hydrogen-bond donors (Lipinski definition) is 1. The van der Waals surface area contributed by atoms with E-state index < -0.39 is 52.2 Å². The normalized spacial score (nSPS) is 20.4. The quantitative estimate of drug-likeness (QED) is 0.467. The smallest absolute Gasteiger partial charge is 0.291 e. The Morgan fingerprint density at radius 1 is 1.25 bits per heavy atom. The molecule has 0 spiro atoms. The molecule has 0 bridgehead atoms. The van der Waals surface area contributed by atoms with Gasteiger partial charge in [-0.15, -0.1) is 5.10 Å². The van der Waals surface area contributed by atoms with Crippen molar-refractivity contribution in [2.24, 2.45) is 0 Å². The summed E-state index contributed by atoms with van der Waals surface area (Å²) in [6.45, 7) is 2.90. The average Bonchev–Trinajstić information content (AvgIpc) is 3.26. The van der Waals surface area contributed by atoms with Crippen molar-refractivity contribution < 1.29 is 36.0 Å². The molecule has 194 valence electrons. The van der Waals surface area contributed by atoms with Gasteiger partial charge in [-0.3, -0.25) is 9.00 Å². The van der Waals surface area contributed by atoms with Gasteiger partial charge in [0.1, 0.15) is 5.82 Å². The molecule has 0 saturated carbocycles. The highest BCUT2D eigenvalue weighted by molar-refractivity contribution is 7.85. The number of halogens is 4. The second-order valence-corrected chi connectivity index (χ2v) is 10.6. The van der Waals surface area contributed by atoms with E-state index >= 15 is 0 Å². The highest BCUT2D eigenvalue weighted by atomic mass is 32.2. The lowest BCUT2D eigenvalue weighted by Crippen LogP contribution is -2.50. The molecule has 0 radical (unpaired) electrons. The summed E-state index contributed by atoms with van der Waals surface area (Å²) in [6.07, 6.45) is 1.82. The van der Waals surface area contributed by atoms with Crippen LogP contribution in [-0.4, -0.2) is 59.3 Å². The summed E-state index contributed by atoms with van der Waals surface area (Å²) in [5.74, 6) is -5.82. The maximum Gasteiger partial charge on any atom is 0.291 e. The Hall–Kier alpha value is -3.29. The minimum atomic E-state index is -3.20. The van der Waals surface area contributed by atoms with Crippen LogP contribution in [0.25, 0.3) is 5.65 Å². The van der Waals surface area contributed by atoms with Crippen LogP contribution in [0.5, 0.6) is 17.4 Å². The lowest BCUT2D eigenvalue weighted by atomic mass is 9.95. The number of amides is 1. The Labute approximate surface area is 205 Å². The Morgan fingerprint density at radius 2 is 1.94 bits per heavy atom. The molecule has 4 heterocycles. The molecule has 0 aliphatic carbocycles. The van der Waals surface area contributed by atoms with Crippen LogP contribution in [0.15, 0.2) is 18.3 Å². The Balaban J connectivity index is 1.61. The zero-order valence-corrected chi connectivity index (χ0v) is 20.4. The number of alkyl halides is 2. The summed E-state index contributed by atoms with van der Waals surface area (Å²) in [6, 6.07) is 1.78. The predicted molar refractivity (Wildman–Crippen MR) is 121 cm³/mol. The topological polar surface area (TPSA) is 108 Å². The van der Waals surface area contributed by atoms with Crippen LogP contribution in [0.3, 0.4) is 0 Å². The van der Waals surface area contributed by atoms with Crippen molar-refractivity contribution in [2.75, 3.05) is 18.1 Å². The van der Waals surface area contributed by atoms with Gasteiger partial charge in [0.25, 0.3) is 17.7 Å². The van der Waals surface area contributed by atoms with Gasteiger partial charge in [0.05, 0.1) is 11.9 Å². The second-order valence-electron chi connectivity index (χ2n) is 8.89. The highest BCUT2D eigenvalue weighted by Gasteiger charge is 2.33. The number of ether oxygens (including phenoxy) is 2. The van der Waals surface area contributed by atoms with Gasteiger partial charge in [-0.05, 0) is 26.7 Å². The lowest BCUT2D eigenvalue weighted by Gasteiger charge is -2.33. The first-order chi connectivity index (χ1) is 16.8. The summed E-state index contributed by atoms with van der Waals surface area (Å²) >= 11 is 0. The molecule has 9 nitrogen and oxygen atoms in total. The van der Waals surface area contributed by atoms with Crippen LogP contribution in [0.1, 0.15) is 43.0 Å². The number of carbonyl (C=O) groups excluding carboxylic acids is 1. The number of carbonyl (C=O) groups is 1. The predicted octanol–water partition coefficient (Wildman–Crippen LogP) is 3.57. The van der Waals surface area contributed by atoms with E-state index in [0.717, 1.165) is 22.8 Å². The molecule has 1 aliphatic rings. The van der Waals surface area contributed by atoms with Crippen molar-refractivity contribution in [2.45, 2.75) is 45.1 Å². The molecule has 1 amide bonds. The minimum Gasteiger partial charge on any atom is -0.482 e. The van der Waals surface area contributed by atoms with E-state index in [0.29, 0.717) is 31.3 Å². The first-order valence-electron chi connectivity index (χ1n) is 10.9. The van der Waals surface area contributed by atoms with Gasteiger partial charge in [0.15, 0.2) is 29.6 Å². The molecular weight excluding hydrogens is 506 g/mol. The van der Waals surface area contributed by atoms with E-state index in [9.17, 15) is 26.6 Å². The Bertz CT molecular complexity index is 1330. The first kappa shape index (κ1) is 25.8. The van der Waals surface area contributed by atoms with Crippen LogP contribution in [0.4, 0.5) is 17.6 Å². The molecule has 0 unspecified atom stereocenters. The number of aryl methyl sites for hydroxylation is 1. The van der Waals surface area contributed by atoms with E-state index in [1.165, 1.54) is 6.92 Å². The molecule has 1 N–H and O–H groups in total. The van der Waals surface area contributed by atoms with Crippen molar-refractivity contribution >= 4 is 22.4 Å². The van der Waals surface area contributed by atoms with Crippen molar-refractivity contribution in [3.63, 3.8) is 0 Å². The van der Waals surface area contributed by atoms with E-state index in [-0.39, 0.29) is 28.8 Å². The molecule has 0 aromatic carbocycles. The third kappa shape index (κ3) is 5.74. The lowest BCUT2D eigenvalue weighted by molar-refractivity contribution is -0.0236.